The molecule has 0 spiro atoms. The topological polar surface area (TPSA) is 23.3 Å². The molecule has 10 heavy (non-hydrogen) atoms. The van der Waals surface area contributed by atoms with Crippen LogP contribution >= 0.6 is 11.8 Å². The molecule has 3 heteroatoms. The Balaban J connectivity index is 2.27. The predicted molar refractivity (Wildman–Crippen MR) is 44.5 cm³/mol. The van der Waals surface area contributed by atoms with Crippen LogP contribution in [0.15, 0.2) is 0 Å². The number of methoxy groups -OCH3 is 1. The Bertz CT molecular complexity index is 99.6. The van der Waals surface area contributed by atoms with Crippen molar-refractivity contribution < 1.29 is 4.74 Å². The monoisotopic (exact) mass is 160 g/mol. The van der Waals surface area contributed by atoms with Gasteiger partial charge in [-0.2, -0.15) is 11.8 Å². The minimum absolute atomic E-state index is 0.667. The molecule has 1 aliphatic heterocycles. The van der Waals surface area contributed by atoms with Gasteiger partial charge in [0.15, 0.2) is 0 Å². The lowest BCUT2D eigenvalue weighted by atomic mass is 10.1. The molecule has 2 nitrogen and oxygen atoms in total. The summed E-state index contributed by atoms with van der Waals surface area (Å²) >= 11 is 1.91. The molecule has 2 atom stereocenters. The van der Waals surface area contributed by atoms with Crippen molar-refractivity contribution in [1.82, 2.24) is 5.32 Å². The predicted octanol–water partition coefficient (Wildman–Crippen LogP) is 0.599. The van der Waals surface area contributed by atoms with Gasteiger partial charge in [-0.3, -0.25) is 0 Å². The molecule has 0 aliphatic carbocycles. The van der Waals surface area contributed by atoms with Crippen molar-refractivity contribution in [1.29, 1.82) is 0 Å². The molecule has 1 heterocycles. The van der Waals surface area contributed by atoms with Crippen molar-refractivity contribution in [2.75, 3.05) is 33.1 Å². The maximum absolute atomic E-state index is 5.08. The molecular weight excluding hydrogens is 146 g/mol. The third-order valence-corrected chi connectivity index (χ3v) is 3.02. The second kappa shape index (κ2) is 4.21. The molecule has 0 N–H and O–H groups in total. The zero-order valence-corrected chi connectivity index (χ0v) is 7.36. The first-order valence-corrected chi connectivity index (χ1v) is 4.82. The quantitative estimate of drug-likeness (QED) is 0.603. The van der Waals surface area contributed by atoms with Crippen LogP contribution < -0.4 is 5.32 Å². The van der Waals surface area contributed by atoms with E-state index in [2.05, 4.69) is 11.6 Å². The highest BCUT2D eigenvalue weighted by Gasteiger charge is 2.26. The first-order chi connectivity index (χ1) is 4.88. The van der Waals surface area contributed by atoms with E-state index >= 15 is 0 Å². The number of rotatable bonds is 3. The Morgan fingerprint density at radius 3 is 3.00 bits per heavy atom. The van der Waals surface area contributed by atoms with Crippen LogP contribution in [-0.4, -0.2) is 38.3 Å². The van der Waals surface area contributed by atoms with Gasteiger partial charge in [0.05, 0.1) is 6.61 Å². The molecule has 1 fully saturated rings. The molecule has 0 saturated carbocycles. The molecule has 59 valence electrons. The van der Waals surface area contributed by atoms with Gasteiger partial charge in [0, 0.05) is 31.4 Å². The second-order valence-corrected chi connectivity index (χ2v) is 3.66. The maximum atomic E-state index is 5.08. The smallest absolute Gasteiger partial charge is 0.0514 e. The fraction of sp³-hybridized carbons (Fsp3) is 1.00. The Morgan fingerprint density at radius 2 is 2.40 bits per heavy atom. The van der Waals surface area contributed by atoms with E-state index in [0.29, 0.717) is 11.2 Å². The van der Waals surface area contributed by atoms with Crippen molar-refractivity contribution in [3.8, 4) is 0 Å². The highest BCUT2D eigenvalue weighted by molar-refractivity contribution is 7.99. The van der Waals surface area contributed by atoms with Gasteiger partial charge in [-0.25, -0.2) is 5.32 Å². The Kier molecular flexibility index (Phi) is 3.52. The third kappa shape index (κ3) is 1.87. The summed E-state index contributed by atoms with van der Waals surface area (Å²) < 4.78 is 5.08. The van der Waals surface area contributed by atoms with Gasteiger partial charge in [-0.05, 0) is 6.26 Å². The first-order valence-electron chi connectivity index (χ1n) is 3.53. The number of thioether (sulfide) groups is 1. The van der Waals surface area contributed by atoms with Gasteiger partial charge in [0.25, 0.3) is 0 Å². The van der Waals surface area contributed by atoms with E-state index in [1.807, 2.05) is 11.8 Å². The molecule has 0 bridgehead atoms. The van der Waals surface area contributed by atoms with Gasteiger partial charge >= 0.3 is 0 Å². The number of hydrogen-bond donors (Lipinski definition) is 0. The van der Waals surface area contributed by atoms with Crippen LogP contribution in [0.2, 0.25) is 0 Å². The van der Waals surface area contributed by atoms with E-state index in [4.69, 9.17) is 4.74 Å². The highest BCUT2D eigenvalue weighted by atomic mass is 32.2. The van der Waals surface area contributed by atoms with Crippen LogP contribution in [0.1, 0.15) is 0 Å². The van der Waals surface area contributed by atoms with Crippen LogP contribution in [-0.2, 0) is 4.74 Å². The summed E-state index contributed by atoms with van der Waals surface area (Å²) in [7, 11) is 1.76. The zero-order valence-electron chi connectivity index (χ0n) is 6.54. The summed E-state index contributed by atoms with van der Waals surface area (Å²) in [5, 5.41) is 5.04. The maximum Gasteiger partial charge on any atom is 0.0514 e. The number of hydrogen-bond acceptors (Lipinski definition) is 2. The molecular formula is C7H14NOS. The SMILES string of the molecule is COCC1C[N]CC1SC. The molecule has 0 aromatic heterocycles. The van der Waals surface area contributed by atoms with Crippen molar-refractivity contribution in [2.24, 2.45) is 5.92 Å². The van der Waals surface area contributed by atoms with Gasteiger partial charge in [-0.15, -0.1) is 0 Å². The lowest BCUT2D eigenvalue weighted by Gasteiger charge is -2.13. The lowest BCUT2D eigenvalue weighted by molar-refractivity contribution is 0.162. The average molecular weight is 160 g/mol. The van der Waals surface area contributed by atoms with E-state index in [-0.39, 0.29) is 0 Å². The summed E-state index contributed by atoms with van der Waals surface area (Å²) in [4.78, 5) is 0. The van der Waals surface area contributed by atoms with Gasteiger partial charge in [0.2, 0.25) is 0 Å². The van der Waals surface area contributed by atoms with Crippen molar-refractivity contribution >= 4 is 11.8 Å². The van der Waals surface area contributed by atoms with E-state index in [1.165, 1.54) is 0 Å². The summed E-state index contributed by atoms with van der Waals surface area (Å²) in [5.41, 5.74) is 0. The molecule has 1 radical (unpaired) electrons. The summed E-state index contributed by atoms with van der Waals surface area (Å²) in [6.45, 7) is 2.89. The van der Waals surface area contributed by atoms with Crippen LogP contribution in [0.25, 0.3) is 0 Å². The first kappa shape index (κ1) is 8.37. The molecule has 2 unspecified atom stereocenters. The van der Waals surface area contributed by atoms with E-state index in [9.17, 15) is 0 Å². The van der Waals surface area contributed by atoms with Crippen LogP contribution in [0, 0.1) is 5.92 Å². The Labute approximate surface area is 66.7 Å². The Hall–Kier alpha value is 0.270. The average Bonchev–Trinajstić information content (AvgIpc) is 2.36. The fourth-order valence-corrected chi connectivity index (χ4v) is 2.08. The number of nitrogens with zero attached hydrogens (tertiary/aromatic N) is 1. The standard InChI is InChI=1S/C7H14NOS/c1-9-5-6-3-8-4-7(6)10-2/h6-7H,3-5H2,1-2H3. The molecule has 0 aromatic rings. The highest BCUT2D eigenvalue weighted by Crippen LogP contribution is 2.21. The largest absolute Gasteiger partial charge is 0.384 e. The second-order valence-electron chi connectivity index (χ2n) is 2.58. The number of ether oxygens (including phenoxy) is 1. The van der Waals surface area contributed by atoms with Crippen LogP contribution in [0.4, 0.5) is 0 Å². The van der Waals surface area contributed by atoms with Crippen molar-refractivity contribution in [3.63, 3.8) is 0 Å². The molecule has 0 aromatic carbocycles. The summed E-state index contributed by atoms with van der Waals surface area (Å²) in [6, 6.07) is 0. The van der Waals surface area contributed by atoms with Crippen molar-refractivity contribution in [2.45, 2.75) is 5.25 Å². The molecule has 1 rings (SSSR count). The van der Waals surface area contributed by atoms with Gasteiger partial charge < -0.3 is 4.74 Å². The molecule has 0 amide bonds. The lowest BCUT2D eigenvalue weighted by Crippen LogP contribution is -2.19. The third-order valence-electron chi connectivity index (χ3n) is 1.88. The van der Waals surface area contributed by atoms with E-state index in [0.717, 1.165) is 19.7 Å². The minimum atomic E-state index is 0.667. The van der Waals surface area contributed by atoms with Crippen molar-refractivity contribution in [3.05, 3.63) is 0 Å². The van der Waals surface area contributed by atoms with E-state index in [1.54, 1.807) is 7.11 Å². The normalized spacial score (nSPS) is 33.0. The van der Waals surface area contributed by atoms with Gasteiger partial charge in [0.1, 0.15) is 0 Å². The fourth-order valence-electron chi connectivity index (χ4n) is 1.28. The minimum Gasteiger partial charge on any atom is -0.384 e. The zero-order chi connectivity index (χ0) is 7.40. The summed E-state index contributed by atoms with van der Waals surface area (Å²) in [6.07, 6.45) is 2.15. The molecule has 1 saturated heterocycles. The summed E-state index contributed by atoms with van der Waals surface area (Å²) in [5.74, 6) is 0.667. The van der Waals surface area contributed by atoms with Crippen LogP contribution in [0.3, 0.4) is 0 Å². The van der Waals surface area contributed by atoms with E-state index < -0.39 is 0 Å². The van der Waals surface area contributed by atoms with Crippen LogP contribution in [0.5, 0.6) is 0 Å². The van der Waals surface area contributed by atoms with Gasteiger partial charge in [-0.1, -0.05) is 0 Å². The Morgan fingerprint density at radius 1 is 1.60 bits per heavy atom. The molecule has 1 aliphatic rings.